The van der Waals surface area contributed by atoms with E-state index in [1.165, 1.54) is 37.9 Å². The molecule has 1 N–H and O–H groups in total. The number of aliphatic imine (C=N–C) groups is 1. The number of carbonyl (C=O) groups excluding carboxylic acids is 2. The first kappa shape index (κ1) is 19.7. The van der Waals surface area contributed by atoms with E-state index in [9.17, 15) is 9.59 Å². The quantitative estimate of drug-likeness (QED) is 0.785. The van der Waals surface area contributed by atoms with Crippen LogP contribution in [0.4, 0.5) is 0 Å². The van der Waals surface area contributed by atoms with Crippen LogP contribution in [0.5, 0.6) is 0 Å². The molecule has 4 rings (SSSR count). The van der Waals surface area contributed by atoms with Crippen molar-refractivity contribution < 1.29 is 9.59 Å². The lowest BCUT2D eigenvalue weighted by molar-refractivity contribution is -0.132. The van der Waals surface area contributed by atoms with E-state index in [2.05, 4.69) is 22.2 Å². The first-order chi connectivity index (χ1) is 13.5. The molecular weight excluding hydrogens is 354 g/mol. The third-order valence-electron chi connectivity index (χ3n) is 7.21. The molecule has 0 spiro atoms. The number of hydrogen-bond donors (Lipinski definition) is 1. The highest BCUT2D eigenvalue weighted by atomic mass is 16.2. The Hall–Kier alpha value is -1.63. The van der Waals surface area contributed by atoms with E-state index in [0.717, 1.165) is 26.1 Å². The largest absolute Gasteiger partial charge is 0.353 e. The molecule has 28 heavy (non-hydrogen) atoms. The van der Waals surface area contributed by atoms with Gasteiger partial charge in [-0.15, -0.1) is 0 Å². The Morgan fingerprint density at radius 1 is 1.11 bits per heavy atom. The highest BCUT2D eigenvalue weighted by molar-refractivity contribution is 5.96. The minimum atomic E-state index is -0.404. The Morgan fingerprint density at radius 3 is 2.54 bits per heavy atom. The molecule has 3 aliphatic heterocycles. The Labute approximate surface area is 168 Å². The van der Waals surface area contributed by atoms with E-state index < -0.39 is 12.1 Å². The Kier molecular flexibility index (Phi) is 5.63. The fraction of sp³-hybridized carbons (Fsp3) is 0.857. The molecule has 3 unspecified atom stereocenters. The number of rotatable bonds is 3. The normalized spacial score (nSPS) is 35.0. The van der Waals surface area contributed by atoms with Gasteiger partial charge in [-0.1, -0.05) is 19.3 Å². The molecule has 2 saturated heterocycles. The van der Waals surface area contributed by atoms with Crippen LogP contribution in [-0.2, 0) is 9.59 Å². The van der Waals surface area contributed by atoms with Gasteiger partial charge in [0.2, 0.25) is 11.8 Å². The van der Waals surface area contributed by atoms with Gasteiger partial charge in [-0.2, -0.15) is 0 Å². The SMILES string of the molecule is CC1C[C@H](NC(=O)C2N=C(C3CCCCC3)N3CCCN(C)CC23)C(=O)N1C. The monoisotopic (exact) mass is 389 g/mol. The number of likely N-dealkylation sites (N-methyl/N-ethyl adjacent to an activating group) is 2. The van der Waals surface area contributed by atoms with Gasteiger partial charge in [0, 0.05) is 32.1 Å². The van der Waals surface area contributed by atoms with Crippen molar-refractivity contribution in [1.82, 2.24) is 20.0 Å². The van der Waals surface area contributed by atoms with Crippen LogP contribution in [0.15, 0.2) is 4.99 Å². The number of nitrogens with zero attached hydrogens (tertiary/aromatic N) is 4. The van der Waals surface area contributed by atoms with Gasteiger partial charge in [-0.3, -0.25) is 14.6 Å². The summed E-state index contributed by atoms with van der Waals surface area (Å²) in [5, 5.41) is 3.04. The molecule has 4 atom stereocenters. The van der Waals surface area contributed by atoms with E-state index in [0.29, 0.717) is 12.3 Å². The number of fused-ring (bicyclic) bond motifs is 1. The van der Waals surface area contributed by atoms with Crippen molar-refractivity contribution in [3.05, 3.63) is 0 Å². The summed E-state index contributed by atoms with van der Waals surface area (Å²) >= 11 is 0. The minimum Gasteiger partial charge on any atom is -0.353 e. The van der Waals surface area contributed by atoms with E-state index in [1.807, 2.05) is 14.0 Å². The molecule has 4 aliphatic rings. The van der Waals surface area contributed by atoms with Crippen molar-refractivity contribution in [3.8, 4) is 0 Å². The lowest BCUT2D eigenvalue weighted by Gasteiger charge is -2.33. The van der Waals surface area contributed by atoms with Crippen LogP contribution in [0.3, 0.4) is 0 Å². The summed E-state index contributed by atoms with van der Waals surface area (Å²) in [5.74, 6) is 1.61. The minimum absolute atomic E-state index is 0.0187. The molecule has 3 heterocycles. The smallest absolute Gasteiger partial charge is 0.247 e. The van der Waals surface area contributed by atoms with Gasteiger partial charge in [0.1, 0.15) is 11.9 Å². The predicted molar refractivity (Wildman–Crippen MR) is 109 cm³/mol. The van der Waals surface area contributed by atoms with Gasteiger partial charge in [-0.05, 0) is 46.2 Å². The zero-order chi connectivity index (χ0) is 19.8. The molecule has 0 aromatic carbocycles. The summed E-state index contributed by atoms with van der Waals surface area (Å²) in [6, 6.07) is -0.538. The number of amides is 2. The van der Waals surface area contributed by atoms with Crippen LogP contribution in [-0.4, -0.2) is 90.2 Å². The molecule has 0 bridgehead atoms. The summed E-state index contributed by atoms with van der Waals surface area (Å²) in [7, 11) is 3.95. The zero-order valence-electron chi connectivity index (χ0n) is 17.6. The highest BCUT2D eigenvalue weighted by Gasteiger charge is 2.45. The van der Waals surface area contributed by atoms with E-state index in [-0.39, 0.29) is 23.9 Å². The molecule has 156 valence electrons. The summed E-state index contributed by atoms with van der Waals surface area (Å²) in [6.45, 7) is 4.92. The number of carbonyl (C=O) groups is 2. The Bertz CT molecular complexity index is 645. The molecule has 2 amide bonds. The molecule has 7 nitrogen and oxygen atoms in total. The van der Waals surface area contributed by atoms with Gasteiger partial charge < -0.3 is 20.0 Å². The fourth-order valence-corrected chi connectivity index (χ4v) is 5.42. The van der Waals surface area contributed by atoms with E-state index in [4.69, 9.17) is 4.99 Å². The summed E-state index contributed by atoms with van der Waals surface area (Å²) < 4.78 is 0. The van der Waals surface area contributed by atoms with Gasteiger partial charge in [0.05, 0.1) is 6.04 Å². The van der Waals surface area contributed by atoms with Crippen LogP contribution >= 0.6 is 0 Å². The molecule has 7 heteroatoms. The van der Waals surface area contributed by atoms with E-state index in [1.54, 1.807) is 4.90 Å². The first-order valence-corrected chi connectivity index (χ1v) is 11.1. The van der Waals surface area contributed by atoms with Gasteiger partial charge >= 0.3 is 0 Å². The maximum atomic E-state index is 13.2. The maximum Gasteiger partial charge on any atom is 0.247 e. The second-order valence-corrected chi connectivity index (χ2v) is 9.24. The predicted octanol–water partition coefficient (Wildman–Crippen LogP) is 1.09. The summed E-state index contributed by atoms with van der Waals surface area (Å²) in [4.78, 5) is 37.2. The van der Waals surface area contributed by atoms with Crippen LogP contribution < -0.4 is 5.32 Å². The van der Waals surface area contributed by atoms with Crippen LogP contribution in [0.25, 0.3) is 0 Å². The van der Waals surface area contributed by atoms with E-state index >= 15 is 0 Å². The molecule has 0 aromatic heterocycles. The molecular formula is C21H35N5O2. The summed E-state index contributed by atoms with van der Waals surface area (Å²) in [6.07, 6.45) is 8.01. The van der Waals surface area contributed by atoms with Gasteiger partial charge in [0.15, 0.2) is 6.04 Å². The topological polar surface area (TPSA) is 68.2 Å². The Balaban J connectivity index is 1.53. The second-order valence-electron chi connectivity index (χ2n) is 9.24. The molecule has 0 aromatic rings. The number of nitrogens with one attached hydrogen (secondary N) is 1. The number of hydrogen-bond acceptors (Lipinski definition) is 5. The average Bonchev–Trinajstić information content (AvgIpc) is 3.07. The van der Waals surface area contributed by atoms with Crippen molar-refractivity contribution in [3.63, 3.8) is 0 Å². The van der Waals surface area contributed by atoms with Crippen molar-refractivity contribution in [1.29, 1.82) is 0 Å². The van der Waals surface area contributed by atoms with Crippen molar-refractivity contribution in [2.75, 3.05) is 33.7 Å². The van der Waals surface area contributed by atoms with Crippen molar-refractivity contribution in [2.24, 2.45) is 10.9 Å². The third-order valence-corrected chi connectivity index (χ3v) is 7.21. The standard InChI is InChI=1S/C21H35N5O2/c1-14-12-16(21(28)25(14)3)22-20(27)18-17-13-24(2)10-7-11-26(17)19(23-18)15-8-5-4-6-9-15/h14-18H,4-13H2,1-3H3,(H,22,27)/t14?,16-,17?,18?/m0/s1. The first-order valence-electron chi connectivity index (χ1n) is 11.1. The molecule has 3 fully saturated rings. The zero-order valence-corrected chi connectivity index (χ0v) is 17.6. The van der Waals surface area contributed by atoms with Crippen LogP contribution in [0.1, 0.15) is 51.9 Å². The summed E-state index contributed by atoms with van der Waals surface area (Å²) in [5.41, 5.74) is 0. The van der Waals surface area contributed by atoms with Crippen LogP contribution in [0.2, 0.25) is 0 Å². The van der Waals surface area contributed by atoms with Crippen LogP contribution in [0, 0.1) is 5.92 Å². The average molecular weight is 390 g/mol. The maximum absolute atomic E-state index is 13.2. The lowest BCUT2D eigenvalue weighted by atomic mass is 9.88. The highest BCUT2D eigenvalue weighted by Crippen LogP contribution is 2.32. The Morgan fingerprint density at radius 2 is 1.86 bits per heavy atom. The third kappa shape index (κ3) is 3.65. The van der Waals surface area contributed by atoms with Crippen molar-refractivity contribution in [2.45, 2.75) is 76.0 Å². The van der Waals surface area contributed by atoms with Gasteiger partial charge in [0.25, 0.3) is 0 Å². The lowest BCUT2D eigenvalue weighted by Crippen LogP contribution is -2.52. The molecule has 1 saturated carbocycles. The van der Waals surface area contributed by atoms with Gasteiger partial charge in [-0.25, -0.2) is 0 Å². The van der Waals surface area contributed by atoms with Crippen molar-refractivity contribution >= 4 is 17.6 Å². The fourth-order valence-electron chi connectivity index (χ4n) is 5.42. The molecule has 0 radical (unpaired) electrons. The molecule has 1 aliphatic carbocycles. The second kappa shape index (κ2) is 8.01. The number of amidine groups is 1. The number of likely N-dealkylation sites (tertiary alicyclic amines) is 1.